The molecule has 31 heavy (non-hydrogen) atoms. The molecule has 0 radical (unpaired) electrons. The van der Waals surface area contributed by atoms with Crippen LogP contribution in [0, 0.1) is 0 Å². The lowest BCUT2D eigenvalue weighted by Crippen LogP contribution is -2.53. The normalized spacial score (nSPS) is 12.9. The molecule has 2 amide bonds. The topological polar surface area (TPSA) is 97.9 Å². The number of fused-ring (bicyclic) bond motifs is 1. The Morgan fingerprint density at radius 1 is 1.03 bits per heavy atom. The molecule has 1 N–H and O–H groups in total. The minimum atomic E-state index is -1.33. The number of imide groups is 1. The fourth-order valence-electron chi connectivity index (χ4n) is 2.94. The van der Waals surface area contributed by atoms with E-state index in [1.165, 1.54) is 7.11 Å². The van der Waals surface area contributed by atoms with Crippen molar-refractivity contribution in [2.45, 2.75) is 65.2 Å². The number of carbonyl (C=O) groups is 3. The van der Waals surface area contributed by atoms with E-state index in [9.17, 15) is 14.4 Å². The molecule has 2 aromatic rings. The number of halogens is 1. The van der Waals surface area contributed by atoms with E-state index in [0.717, 1.165) is 5.52 Å². The number of ether oxygens (including phenoxy) is 3. The van der Waals surface area contributed by atoms with Crippen LogP contribution in [0.4, 0.5) is 9.59 Å². The van der Waals surface area contributed by atoms with Crippen LogP contribution in [0.15, 0.2) is 24.4 Å². The maximum absolute atomic E-state index is 13.0. The van der Waals surface area contributed by atoms with Crippen molar-refractivity contribution in [3.8, 4) is 0 Å². The monoisotopic (exact) mass is 452 g/mol. The molecule has 0 saturated heterocycles. The highest BCUT2D eigenvalue weighted by molar-refractivity contribution is 6.35. The third-order valence-corrected chi connectivity index (χ3v) is 4.43. The Balaban J connectivity index is 2.52. The number of aromatic amines is 1. The van der Waals surface area contributed by atoms with Gasteiger partial charge in [0.15, 0.2) is 0 Å². The molecular weight excluding hydrogens is 424 g/mol. The van der Waals surface area contributed by atoms with Crippen LogP contribution < -0.4 is 0 Å². The first-order valence-corrected chi connectivity index (χ1v) is 10.2. The Hall–Kier alpha value is -2.74. The predicted octanol–water partition coefficient (Wildman–Crippen LogP) is 5.08. The number of methoxy groups -OCH3 is 1. The number of aromatic nitrogens is 1. The predicted molar refractivity (Wildman–Crippen MR) is 117 cm³/mol. The minimum absolute atomic E-state index is 0.0467. The molecule has 0 spiro atoms. The van der Waals surface area contributed by atoms with E-state index in [0.29, 0.717) is 20.9 Å². The quantitative estimate of drug-likeness (QED) is 0.513. The van der Waals surface area contributed by atoms with E-state index in [1.54, 1.807) is 59.9 Å². The Bertz CT molecular complexity index is 943. The Labute approximate surface area is 186 Å². The molecule has 1 atom stereocenters. The summed E-state index contributed by atoms with van der Waals surface area (Å²) >= 11 is 6.35. The molecule has 1 aromatic carbocycles. The van der Waals surface area contributed by atoms with E-state index < -0.39 is 35.4 Å². The molecule has 0 saturated carbocycles. The van der Waals surface area contributed by atoms with Crippen LogP contribution in [0.2, 0.25) is 5.02 Å². The van der Waals surface area contributed by atoms with E-state index in [2.05, 4.69) is 4.98 Å². The standard InChI is InChI=1S/C22H29ClN2O6/c1-21(2,3)30-19(27)25(20(28)31-22(4,5)6)16(18(26)29-7)11-13-12-24-15-10-8-9-14(23)17(13)15/h8-10,12,16,24H,11H2,1-7H3/t16-/m0/s1. The molecule has 8 nitrogen and oxygen atoms in total. The van der Waals surface area contributed by atoms with Crippen LogP contribution in [-0.4, -0.2) is 52.4 Å². The van der Waals surface area contributed by atoms with Gasteiger partial charge in [-0.3, -0.25) is 0 Å². The second-order valence-corrected chi connectivity index (χ2v) is 9.46. The second kappa shape index (κ2) is 9.18. The number of benzene rings is 1. The van der Waals surface area contributed by atoms with Crippen molar-refractivity contribution in [1.82, 2.24) is 9.88 Å². The van der Waals surface area contributed by atoms with Gasteiger partial charge in [-0.2, -0.15) is 4.90 Å². The molecule has 1 heterocycles. The van der Waals surface area contributed by atoms with Crippen molar-refractivity contribution in [2.75, 3.05) is 7.11 Å². The molecule has 0 aliphatic carbocycles. The summed E-state index contributed by atoms with van der Waals surface area (Å²) in [7, 11) is 1.18. The maximum atomic E-state index is 13.0. The summed E-state index contributed by atoms with van der Waals surface area (Å²) in [5.41, 5.74) is -0.412. The van der Waals surface area contributed by atoms with Gasteiger partial charge in [0.05, 0.1) is 12.1 Å². The van der Waals surface area contributed by atoms with Gasteiger partial charge in [0.2, 0.25) is 0 Å². The number of H-pyrrole nitrogens is 1. The smallest absolute Gasteiger partial charge is 0.420 e. The summed E-state index contributed by atoms with van der Waals surface area (Å²) in [6, 6.07) is 4.01. The number of amides is 2. The first-order valence-electron chi connectivity index (χ1n) is 9.81. The van der Waals surface area contributed by atoms with Gasteiger partial charge in [0.25, 0.3) is 0 Å². The molecule has 0 aliphatic rings. The lowest BCUT2D eigenvalue weighted by molar-refractivity contribution is -0.146. The van der Waals surface area contributed by atoms with Crippen molar-refractivity contribution in [2.24, 2.45) is 0 Å². The van der Waals surface area contributed by atoms with Crippen LogP contribution in [-0.2, 0) is 25.4 Å². The third kappa shape index (κ3) is 6.37. The SMILES string of the molecule is COC(=O)[C@H](Cc1c[nH]c2cccc(Cl)c12)N(C(=O)OC(C)(C)C)C(=O)OC(C)(C)C. The van der Waals surface area contributed by atoms with Crippen LogP contribution >= 0.6 is 11.6 Å². The van der Waals surface area contributed by atoms with Gasteiger partial charge in [0, 0.05) is 23.5 Å². The molecule has 170 valence electrons. The third-order valence-electron chi connectivity index (χ3n) is 4.12. The molecule has 0 unspecified atom stereocenters. The van der Waals surface area contributed by atoms with E-state index >= 15 is 0 Å². The molecule has 0 fully saturated rings. The summed E-state index contributed by atoms with van der Waals surface area (Å²) in [6.45, 7) is 9.94. The van der Waals surface area contributed by atoms with Crippen LogP contribution in [0.25, 0.3) is 10.9 Å². The molecule has 0 bridgehead atoms. The minimum Gasteiger partial charge on any atom is -0.467 e. The number of hydrogen-bond donors (Lipinski definition) is 1. The van der Waals surface area contributed by atoms with Crippen molar-refractivity contribution in [1.29, 1.82) is 0 Å². The summed E-state index contributed by atoms with van der Waals surface area (Å²) in [4.78, 5) is 42.4. The number of hydrogen-bond acceptors (Lipinski definition) is 6. The van der Waals surface area contributed by atoms with Gasteiger partial charge in [-0.1, -0.05) is 17.7 Å². The summed E-state index contributed by atoms with van der Waals surface area (Å²) in [5.74, 6) is -0.793. The summed E-state index contributed by atoms with van der Waals surface area (Å²) in [6.07, 6.45) is -0.393. The van der Waals surface area contributed by atoms with E-state index in [-0.39, 0.29) is 6.42 Å². The lowest BCUT2D eigenvalue weighted by atomic mass is 10.0. The first-order chi connectivity index (χ1) is 14.2. The molecule has 9 heteroatoms. The van der Waals surface area contributed by atoms with E-state index in [4.69, 9.17) is 25.8 Å². The highest BCUT2D eigenvalue weighted by atomic mass is 35.5. The maximum Gasteiger partial charge on any atom is 0.420 e. The second-order valence-electron chi connectivity index (χ2n) is 9.05. The van der Waals surface area contributed by atoms with E-state index in [1.807, 2.05) is 6.07 Å². The Morgan fingerprint density at radius 2 is 1.58 bits per heavy atom. The van der Waals surface area contributed by atoms with Crippen molar-refractivity contribution in [3.05, 3.63) is 35.0 Å². The van der Waals surface area contributed by atoms with Crippen LogP contribution in [0.5, 0.6) is 0 Å². The molecular formula is C22H29ClN2O6. The first kappa shape index (κ1) is 24.5. The zero-order valence-corrected chi connectivity index (χ0v) is 19.6. The lowest BCUT2D eigenvalue weighted by Gasteiger charge is -2.32. The average molecular weight is 453 g/mol. The summed E-state index contributed by atoms with van der Waals surface area (Å²) in [5, 5.41) is 1.16. The molecule has 0 aliphatic heterocycles. The van der Waals surface area contributed by atoms with Crippen LogP contribution in [0.3, 0.4) is 0 Å². The Kier molecular flexibility index (Phi) is 7.26. The van der Waals surface area contributed by atoms with Gasteiger partial charge in [-0.05, 0) is 59.2 Å². The highest BCUT2D eigenvalue weighted by Crippen LogP contribution is 2.29. The molecule has 2 rings (SSSR count). The zero-order chi connectivity index (χ0) is 23.6. The largest absolute Gasteiger partial charge is 0.467 e. The van der Waals surface area contributed by atoms with Gasteiger partial charge in [-0.25, -0.2) is 14.4 Å². The number of nitrogens with zero attached hydrogens (tertiary/aromatic N) is 1. The van der Waals surface area contributed by atoms with Gasteiger partial charge >= 0.3 is 18.2 Å². The number of nitrogens with one attached hydrogen (secondary N) is 1. The van der Waals surface area contributed by atoms with Crippen LogP contribution in [0.1, 0.15) is 47.1 Å². The van der Waals surface area contributed by atoms with Crippen molar-refractivity contribution in [3.63, 3.8) is 0 Å². The van der Waals surface area contributed by atoms with Gasteiger partial charge in [0.1, 0.15) is 17.2 Å². The summed E-state index contributed by atoms with van der Waals surface area (Å²) < 4.78 is 15.7. The van der Waals surface area contributed by atoms with Gasteiger partial charge in [-0.15, -0.1) is 0 Å². The highest BCUT2D eigenvalue weighted by Gasteiger charge is 2.41. The fraction of sp³-hybridized carbons (Fsp3) is 0.500. The van der Waals surface area contributed by atoms with Gasteiger partial charge < -0.3 is 19.2 Å². The Morgan fingerprint density at radius 3 is 2.06 bits per heavy atom. The number of carbonyl (C=O) groups excluding carboxylic acids is 3. The number of rotatable bonds is 4. The van der Waals surface area contributed by atoms with Crippen molar-refractivity contribution < 1.29 is 28.6 Å². The number of esters is 1. The van der Waals surface area contributed by atoms with Crippen molar-refractivity contribution >= 4 is 40.7 Å². The zero-order valence-electron chi connectivity index (χ0n) is 18.9. The fourth-order valence-corrected chi connectivity index (χ4v) is 3.24. The average Bonchev–Trinajstić information content (AvgIpc) is 3.01. The molecule has 1 aromatic heterocycles.